The molecule has 0 aliphatic rings. The molecule has 0 fully saturated rings. The first-order valence-corrected chi connectivity index (χ1v) is 9.21. The number of carbonyl (C=O) groups excluding carboxylic acids is 2. The number of ether oxygens (including phenoxy) is 1. The molecule has 8 heteroatoms. The highest BCUT2D eigenvalue weighted by Gasteiger charge is 2.26. The van der Waals surface area contributed by atoms with E-state index in [0.29, 0.717) is 5.56 Å². The SMILES string of the molecule is CCc1ccc(C(=O)COC(=O)c2ccc(S(=O)(=O)C(F)F)cc2)cc1. The molecule has 0 aromatic heterocycles. The molecule has 2 aromatic carbocycles. The maximum absolute atomic E-state index is 12.5. The number of carbonyl (C=O) groups is 2. The van der Waals surface area contributed by atoms with E-state index in [-0.39, 0.29) is 5.56 Å². The molecule has 0 radical (unpaired) electrons. The third-order valence-corrected chi connectivity index (χ3v) is 5.07. The van der Waals surface area contributed by atoms with Gasteiger partial charge < -0.3 is 4.74 Å². The smallest absolute Gasteiger partial charge is 0.341 e. The summed E-state index contributed by atoms with van der Waals surface area (Å²) in [5.74, 6) is -4.79. The van der Waals surface area contributed by atoms with Gasteiger partial charge >= 0.3 is 11.7 Å². The van der Waals surface area contributed by atoms with Crippen LogP contribution < -0.4 is 0 Å². The standard InChI is InChI=1S/C18H16F2O5S/c1-2-12-3-5-13(6-4-12)16(21)11-25-17(22)14-7-9-15(10-8-14)26(23,24)18(19)20/h3-10,18H,2,11H2,1H3. The van der Waals surface area contributed by atoms with E-state index in [2.05, 4.69) is 0 Å². The van der Waals surface area contributed by atoms with Crippen molar-refractivity contribution in [3.05, 3.63) is 65.2 Å². The van der Waals surface area contributed by atoms with Gasteiger partial charge in [0.2, 0.25) is 9.84 Å². The van der Waals surface area contributed by atoms with E-state index >= 15 is 0 Å². The summed E-state index contributed by atoms with van der Waals surface area (Å²) < 4.78 is 52.4. The van der Waals surface area contributed by atoms with Gasteiger partial charge in [0.25, 0.3) is 0 Å². The van der Waals surface area contributed by atoms with Crippen LogP contribution in [0.5, 0.6) is 0 Å². The predicted octanol–water partition coefficient (Wildman–Crippen LogP) is 3.29. The summed E-state index contributed by atoms with van der Waals surface area (Å²) >= 11 is 0. The second-order valence-electron chi connectivity index (χ2n) is 5.38. The van der Waals surface area contributed by atoms with Crippen molar-refractivity contribution in [2.75, 3.05) is 6.61 Å². The summed E-state index contributed by atoms with van der Waals surface area (Å²) in [6.45, 7) is 1.50. The fourth-order valence-corrected chi connectivity index (χ4v) is 2.83. The van der Waals surface area contributed by atoms with Gasteiger partial charge in [0.1, 0.15) is 0 Å². The van der Waals surface area contributed by atoms with E-state index < -0.39 is 38.8 Å². The zero-order valence-corrected chi connectivity index (χ0v) is 14.6. The lowest BCUT2D eigenvalue weighted by Gasteiger charge is -2.06. The Morgan fingerprint density at radius 2 is 1.50 bits per heavy atom. The first kappa shape index (κ1) is 19.7. The number of halogens is 2. The van der Waals surface area contributed by atoms with Crippen LogP contribution in [-0.2, 0) is 21.0 Å². The Balaban J connectivity index is 2.00. The molecule has 0 unspecified atom stereocenters. The van der Waals surface area contributed by atoms with Crippen LogP contribution in [-0.4, -0.2) is 32.5 Å². The summed E-state index contributed by atoms with van der Waals surface area (Å²) in [6.07, 6.45) is 0.834. The normalized spacial score (nSPS) is 11.4. The molecular weight excluding hydrogens is 366 g/mol. The molecule has 0 bridgehead atoms. The molecular formula is C18H16F2O5S. The maximum atomic E-state index is 12.5. The van der Waals surface area contributed by atoms with Crippen molar-refractivity contribution in [2.24, 2.45) is 0 Å². The Hall–Kier alpha value is -2.61. The van der Waals surface area contributed by atoms with Crippen molar-refractivity contribution in [1.82, 2.24) is 0 Å². The average Bonchev–Trinajstić information content (AvgIpc) is 2.65. The van der Waals surface area contributed by atoms with Crippen LogP contribution >= 0.6 is 0 Å². The molecule has 0 N–H and O–H groups in total. The molecule has 0 amide bonds. The molecule has 0 saturated heterocycles. The zero-order valence-electron chi connectivity index (χ0n) is 13.8. The number of benzene rings is 2. The number of rotatable bonds is 7. The van der Waals surface area contributed by atoms with E-state index in [9.17, 15) is 26.8 Å². The number of sulfone groups is 1. The summed E-state index contributed by atoms with van der Waals surface area (Å²) in [6, 6.07) is 10.8. The van der Waals surface area contributed by atoms with Gasteiger partial charge in [0.15, 0.2) is 12.4 Å². The van der Waals surface area contributed by atoms with Crippen molar-refractivity contribution >= 4 is 21.6 Å². The van der Waals surface area contributed by atoms with Gasteiger partial charge in [-0.15, -0.1) is 0 Å². The van der Waals surface area contributed by atoms with Gasteiger partial charge in [-0.05, 0) is 36.2 Å². The number of Topliss-reactive ketones (excluding diaryl/α,β-unsaturated/α-hetero) is 1. The van der Waals surface area contributed by atoms with Crippen LogP contribution in [0.15, 0.2) is 53.4 Å². The highest BCUT2D eigenvalue weighted by atomic mass is 32.2. The Bertz CT molecular complexity index is 888. The number of ketones is 1. The fourth-order valence-electron chi connectivity index (χ4n) is 2.11. The summed E-state index contributed by atoms with van der Waals surface area (Å²) in [4.78, 5) is 23.3. The second kappa shape index (κ2) is 8.18. The van der Waals surface area contributed by atoms with E-state index in [4.69, 9.17) is 4.74 Å². The molecule has 0 aliphatic carbocycles. The van der Waals surface area contributed by atoms with Gasteiger partial charge in [0.05, 0.1) is 10.5 Å². The quantitative estimate of drug-likeness (QED) is 0.542. The topological polar surface area (TPSA) is 77.5 Å². The van der Waals surface area contributed by atoms with Crippen LogP contribution in [0.2, 0.25) is 0 Å². The molecule has 2 rings (SSSR count). The van der Waals surface area contributed by atoms with Gasteiger partial charge in [-0.25, -0.2) is 13.2 Å². The van der Waals surface area contributed by atoms with E-state index in [1.807, 2.05) is 6.92 Å². The zero-order chi connectivity index (χ0) is 19.3. The Morgan fingerprint density at radius 3 is 2.00 bits per heavy atom. The van der Waals surface area contributed by atoms with Gasteiger partial charge in [0, 0.05) is 5.56 Å². The van der Waals surface area contributed by atoms with E-state index in [0.717, 1.165) is 36.2 Å². The van der Waals surface area contributed by atoms with Crippen molar-refractivity contribution in [2.45, 2.75) is 24.0 Å². The minimum absolute atomic E-state index is 0.0488. The highest BCUT2D eigenvalue weighted by Crippen LogP contribution is 2.19. The lowest BCUT2D eigenvalue weighted by Crippen LogP contribution is -2.15. The first-order chi connectivity index (χ1) is 12.3. The number of alkyl halides is 2. The van der Waals surface area contributed by atoms with E-state index in [1.165, 1.54) is 0 Å². The third-order valence-electron chi connectivity index (χ3n) is 3.67. The molecule has 5 nitrogen and oxygen atoms in total. The molecule has 0 heterocycles. The van der Waals surface area contributed by atoms with Gasteiger partial charge in [-0.1, -0.05) is 31.2 Å². The molecule has 0 aliphatic heterocycles. The average molecular weight is 382 g/mol. The predicted molar refractivity (Wildman–Crippen MR) is 90.1 cm³/mol. The fraction of sp³-hybridized carbons (Fsp3) is 0.222. The van der Waals surface area contributed by atoms with E-state index in [1.54, 1.807) is 24.3 Å². The number of hydrogen-bond donors (Lipinski definition) is 0. The van der Waals surface area contributed by atoms with Crippen molar-refractivity contribution in [3.63, 3.8) is 0 Å². The number of esters is 1. The lowest BCUT2D eigenvalue weighted by atomic mass is 10.1. The largest absolute Gasteiger partial charge is 0.454 e. The Labute approximate surface area is 149 Å². The van der Waals surface area contributed by atoms with Crippen LogP contribution in [0.25, 0.3) is 0 Å². The van der Waals surface area contributed by atoms with Crippen molar-refractivity contribution in [1.29, 1.82) is 0 Å². The monoisotopic (exact) mass is 382 g/mol. The maximum Gasteiger partial charge on any atom is 0.341 e. The molecule has 0 saturated carbocycles. The Morgan fingerprint density at radius 1 is 0.962 bits per heavy atom. The van der Waals surface area contributed by atoms with Crippen molar-refractivity contribution < 1.29 is 31.5 Å². The molecule has 26 heavy (non-hydrogen) atoms. The van der Waals surface area contributed by atoms with Crippen LogP contribution in [0.4, 0.5) is 8.78 Å². The van der Waals surface area contributed by atoms with Crippen LogP contribution in [0.3, 0.4) is 0 Å². The van der Waals surface area contributed by atoms with Crippen LogP contribution in [0.1, 0.15) is 33.2 Å². The highest BCUT2D eigenvalue weighted by molar-refractivity contribution is 7.91. The lowest BCUT2D eigenvalue weighted by molar-refractivity contribution is 0.0474. The molecule has 0 atom stereocenters. The molecule has 2 aromatic rings. The van der Waals surface area contributed by atoms with Crippen molar-refractivity contribution in [3.8, 4) is 0 Å². The molecule has 138 valence electrons. The number of aryl methyl sites for hydroxylation is 1. The Kier molecular flexibility index (Phi) is 6.20. The third kappa shape index (κ3) is 4.51. The molecule has 0 spiro atoms. The summed E-state index contributed by atoms with van der Waals surface area (Å²) in [5, 5.41) is 0. The van der Waals surface area contributed by atoms with Crippen LogP contribution in [0, 0.1) is 0 Å². The second-order valence-corrected chi connectivity index (χ2v) is 7.30. The number of hydrogen-bond acceptors (Lipinski definition) is 5. The van der Waals surface area contributed by atoms with Gasteiger partial charge in [-0.2, -0.15) is 8.78 Å². The first-order valence-electron chi connectivity index (χ1n) is 7.67. The summed E-state index contributed by atoms with van der Waals surface area (Å²) in [5.41, 5.74) is 1.41. The minimum atomic E-state index is -4.73. The minimum Gasteiger partial charge on any atom is -0.454 e. The van der Waals surface area contributed by atoms with Gasteiger partial charge in [-0.3, -0.25) is 4.79 Å². The summed E-state index contributed by atoms with van der Waals surface area (Å²) in [7, 11) is -4.73.